The van der Waals surface area contributed by atoms with Crippen LogP contribution in [0.5, 0.6) is 0 Å². The number of furan rings is 1. The van der Waals surface area contributed by atoms with Gasteiger partial charge in [-0.2, -0.15) is 0 Å². The van der Waals surface area contributed by atoms with E-state index in [-0.39, 0.29) is 11.6 Å². The number of rotatable bonds is 4. The molecule has 3 rings (SSSR count). The van der Waals surface area contributed by atoms with Gasteiger partial charge in [0.05, 0.1) is 18.0 Å². The Labute approximate surface area is 115 Å². The normalized spacial score (nSPS) is 12.2. The highest BCUT2D eigenvalue weighted by Gasteiger charge is 2.08. The molecule has 0 fully saturated rings. The Kier molecular flexibility index (Phi) is 3.16. The number of hydrogen-bond donors (Lipinski definition) is 3. The van der Waals surface area contributed by atoms with Crippen molar-refractivity contribution >= 4 is 5.69 Å². The molecule has 5 heteroatoms. The van der Waals surface area contributed by atoms with Gasteiger partial charge >= 0.3 is 0 Å². The highest BCUT2D eigenvalue weighted by atomic mass is 16.3. The highest BCUT2D eigenvalue weighted by molar-refractivity contribution is 5.62. The molecule has 0 saturated heterocycles. The van der Waals surface area contributed by atoms with Crippen molar-refractivity contribution in [2.75, 3.05) is 5.32 Å². The van der Waals surface area contributed by atoms with Crippen molar-refractivity contribution in [3.8, 4) is 11.3 Å². The van der Waals surface area contributed by atoms with E-state index < -0.39 is 0 Å². The highest BCUT2D eigenvalue weighted by Crippen LogP contribution is 2.22. The minimum Gasteiger partial charge on any atom is -0.467 e. The summed E-state index contributed by atoms with van der Waals surface area (Å²) in [5.74, 6) is 0.893. The van der Waals surface area contributed by atoms with Gasteiger partial charge in [-0.1, -0.05) is 12.1 Å². The van der Waals surface area contributed by atoms with E-state index in [0.717, 1.165) is 22.7 Å². The molecule has 0 bridgehead atoms. The van der Waals surface area contributed by atoms with Crippen LogP contribution in [0.2, 0.25) is 0 Å². The standard InChI is InChI=1S/C15H15N3O2/c1-10(14-3-2-8-20-14)16-12-6-4-11(5-7-12)13-9-15(19)18-17-13/h2-10,16H,1H3,(H2,17,18,19). The van der Waals surface area contributed by atoms with Crippen molar-refractivity contribution < 1.29 is 4.42 Å². The number of aromatic nitrogens is 2. The molecular weight excluding hydrogens is 254 g/mol. The van der Waals surface area contributed by atoms with Crippen LogP contribution in [-0.2, 0) is 0 Å². The number of H-pyrrole nitrogens is 2. The van der Waals surface area contributed by atoms with Crippen molar-refractivity contribution in [1.29, 1.82) is 0 Å². The predicted octanol–water partition coefficient (Wildman–Crippen LogP) is 3.14. The number of aromatic amines is 2. The number of benzene rings is 1. The average Bonchev–Trinajstić information content (AvgIpc) is 3.10. The number of anilines is 1. The van der Waals surface area contributed by atoms with Gasteiger partial charge in [0.1, 0.15) is 5.76 Å². The van der Waals surface area contributed by atoms with Gasteiger partial charge in [-0.15, -0.1) is 0 Å². The molecule has 0 saturated carbocycles. The monoisotopic (exact) mass is 269 g/mol. The first-order valence-corrected chi connectivity index (χ1v) is 6.40. The van der Waals surface area contributed by atoms with Gasteiger partial charge in [-0.25, -0.2) is 0 Å². The first-order chi connectivity index (χ1) is 9.72. The number of nitrogens with one attached hydrogen (secondary N) is 3. The molecule has 2 aromatic heterocycles. The van der Waals surface area contributed by atoms with E-state index >= 15 is 0 Å². The zero-order valence-electron chi connectivity index (χ0n) is 11.0. The summed E-state index contributed by atoms with van der Waals surface area (Å²) < 4.78 is 5.36. The van der Waals surface area contributed by atoms with E-state index in [1.54, 1.807) is 6.26 Å². The van der Waals surface area contributed by atoms with Crippen LogP contribution in [0.3, 0.4) is 0 Å². The molecule has 0 radical (unpaired) electrons. The lowest BCUT2D eigenvalue weighted by Crippen LogP contribution is -2.05. The Morgan fingerprint density at radius 2 is 1.95 bits per heavy atom. The van der Waals surface area contributed by atoms with Gasteiger partial charge < -0.3 is 9.73 Å². The second kappa shape index (κ2) is 5.13. The summed E-state index contributed by atoms with van der Waals surface area (Å²) in [4.78, 5) is 11.1. The summed E-state index contributed by atoms with van der Waals surface area (Å²) in [6.45, 7) is 2.04. The minimum atomic E-state index is -0.131. The van der Waals surface area contributed by atoms with E-state index in [1.807, 2.05) is 43.3 Å². The van der Waals surface area contributed by atoms with Crippen molar-refractivity contribution in [3.05, 3.63) is 64.8 Å². The lowest BCUT2D eigenvalue weighted by Gasteiger charge is -2.13. The summed E-state index contributed by atoms with van der Waals surface area (Å²) in [7, 11) is 0. The van der Waals surface area contributed by atoms with Gasteiger partial charge in [0.2, 0.25) is 0 Å². The van der Waals surface area contributed by atoms with Gasteiger partial charge in [0.25, 0.3) is 5.56 Å². The molecule has 0 aliphatic heterocycles. The molecular formula is C15H15N3O2. The predicted molar refractivity (Wildman–Crippen MR) is 77.6 cm³/mol. The van der Waals surface area contributed by atoms with Crippen molar-refractivity contribution in [2.24, 2.45) is 0 Å². The topological polar surface area (TPSA) is 73.8 Å². The van der Waals surface area contributed by atoms with E-state index in [9.17, 15) is 4.79 Å². The van der Waals surface area contributed by atoms with Crippen LogP contribution < -0.4 is 10.9 Å². The van der Waals surface area contributed by atoms with Crippen LogP contribution >= 0.6 is 0 Å². The molecule has 0 aliphatic rings. The Morgan fingerprint density at radius 3 is 2.55 bits per heavy atom. The molecule has 0 aliphatic carbocycles. The fourth-order valence-electron chi connectivity index (χ4n) is 2.09. The van der Waals surface area contributed by atoms with Crippen LogP contribution in [0.15, 0.2) is 57.9 Å². The maximum Gasteiger partial charge on any atom is 0.264 e. The van der Waals surface area contributed by atoms with Gasteiger partial charge in [-0.05, 0) is 36.8 Å². The average molecular weight is 269 g/mol. The van der Waals surface area contributed by atoms with E-state index in [1.165, 1.54) is 6.07 Å². The van der Waals surface area contributed by atoms with E-state index in [2.05, 4.69) is 15.5 Å². The quantitative estimate of drug-likeness (QED) is 0.681. The molecule has 1 aromatic carbocycles. The minimum absolute atomic E-state index is 0.0999. The first kappa shape index (κ1) is 12.3. The molecule has 0 amide bonds. The molecule has 3 N–H and O–H groups in total. The summed E-state index contributed by atoms with van der Waals surface area (Å²) in [5, 5.41) is 8.71. The van der Waals surface area contributed by atoms with Crippen LogP contribution in [0.25, 0.3) is 11.3 Å². The summed E-state index contributed by atoms with van der Waals surface area (Å²) >= 11 is 0. The van der Waals surface area contributed by atoms with Gasteiger partial charge in [-0.3, -0.25) is 15.0 Å². The van der Waals surface area contributed by atoms with Gasteiger partial charge in [0, 0.05) is 11.8 Å². The maximum absolute atomic E-state index is 11.1. The lowest BCUT2D eigenvalue weighted by molar-refractivity contribution is 0.490. The largest absolute Gasteiger partial charge is 0.467 e. The second-order valence-electron chi connectivity index (χ2n) is 4.63. The Bertz CT molecular complexity index is 723. The third-order valence-corrected chi connectivity index (χ3v) is 3.14. The van der Waals surface area contributed by atoms with Crippen LogP contribution in [0.1, 0.15) is 18.7 Å². The maximum atomic E-state index is 11.1. The molecule has 0 spiro atoms. The zero-order chi connectivity index (χ0) is 13.9. The second-order valence-corrected chi connectivity index (χ2v) is 4.63. The Morgan fingerprint density at radius 1 is 1.15 bits per heavy atom. The molecule has 20 heavy (non-hydrogen) atoms. The summed E-state index contributed by atoms with van der Waals surface area (Å²) in [5.41, 5.74) is 2.60. The Hall–Kier alpha value is -2.69. The fraction of sp³-hybridized carbons (Fsp3) is 0.133. The van der Waals surface area contributed by atoms with Gasteiger partial charge in [0.15, 0.2) is 0 Å². The van der Waals surface area contributed by atoms with Crippen molar-refractivity contribution in [2.45, 2.75) is 13.0 Å². The van der Waals surface area contributed by atoms with Crippen molar-refractivity contribution in [1.82, 2.24) is 10.2 Å². The van der Waals surface area contributed by atoms with E-state index in [4.69, 9.17) is 4.42 Å². The van der Waals surface area contributed by atoms with Crippen molar-refractivity contribution in [3.63, 3.8) is 0 Å². The molecule has 1 unspecified atom stereocenters. The third kappa shape index (κ3) is 2.51. The summed E-state index contributed by atoms with van der Waals surface area (Å²) in [6, 6.07) is 13.3. The van der Waals surface area contributed by atoms with Crippen LogP contribution in [0, 0.1) is 0 Å². The molecule has 3 aromatic rings. The van der Waals surface area contributed by atoms with E-state index in [0.29, 0.717) is 0 Å². The van der Waals surface area contributed by atoms with Crippen LogP contribution in [0.4, 0.5) is 5.69 Å². The SMILES string of the molecule is CC(Nc1ccc(-c2cc(=O)[nH][nH]2)cc1)c1ccco1. The first-order valence-electron chi connectivity index (χ1n) is 6.40. The lowest BCUT2D eigenvalue weighted by atomic mass is 10.1. The molecule has 1 atom stereocenters. The molecule has 2 heterocycles. The molecule has 102 valence electrons. The molecule has 5 nitrogen and oxygen atoms in total. The van der Waals surface area contributed by atoms with Crippen LogP contribution in [-0.4, -0.2) is 10.2 Å². The zero-order valence-corrected chi connectivity index (χ0v) is 11.0. The fourth-order valence-corrected chi connectivity index (χ4v) is 2.09. The number of hydrogen-bond acceptors (Lipinski definition) is 3. The Balaban J connectivity index is 1.75. The smallest absolute Gasteiger partial charge is 0.264 e. The summed E-state index contributed by atoms with van der Waals surface area (Å²) in [6.07, 6.45) is 1.67. The third-order valence-electron chi connectivity index (χ3n) is 3.14.